The molecule has 0 aliphatic heterocycles. The first-order chi connectivity index (χ1) is 11.7. The Morgan fingerprint density at radius 3 is 2.75 bits per heavy atom. The lowest BCUT2D eigenvalue weighted by atomic mass is 10.2. The number of para-hydroxylation sites is 2. The fourth-order valence-corrected chi connectivity index (χ4v) is 3.17. The number of ether oxygens (including phenoxy) is 2. The van der Waals surface area contributed by atoms with Crippen LogP contribution in [0.2, 0.25) is 0 Å². The molecule has 0 aliphatic rings. The number of methoxy groups -OCH3 is 1. The van der Waals surface area contributed by atoms with Crippen molar-refractivity contribution < 1.29 is 9.47 Å². The normalized spacial score (nSPS) is 11.0. The SMILES string of the molecule is CCCCCOc1c(Br)cc(-c2nc3ccccc3[nH]2)cc1OC. The fraction of sp³-hybridized carbons (Fsp3) is 0.316. The summed E-state index contributed by atoms with van der Waals surface area (Å²) in [5, 5.41) is 0. The quantitative estimate of drug-likeness (QED) is 0.538. The van der Waals surface area contributed by atoms with E-state index in [1.807, 2.05) is 36.4 Å². The zero-order chi connectivity index (χ0) is 16.9. The lowest BCUT2D eigenvalue weighted by molar-refractivity contribution is 0.284. The van der Waals surface area contributed by atoms with E-state index in [1.165, 1.54) is 6.42 Å². The number of rotatable bonds is 7. The van der Waals surface area contributed by atoms with E-state index in [0.29, 0.717) is 12.4 Å². The van der Waals surface area contributed by atoms with Crippen LogP contribution in [0.3, 0.4) is 0 Å². The first kappa shape index (κ1) is 16.8. The Bertz CT molecular complexity index is 796. The van der Waals surface area contributed by atoms with Gasteiger partial charge in [-0.05, 0) is 46.6 Å². The minimum absolute atomic E-state index is 0.687. The third-order valence-electron chi connectivity index (χ3n) is 3.89. The van der Waals surface area contributed by atoms with Crippen molar-refractivity contribution in [3.05, 3.63) is 40.9 Å². The standard InChI is InChI=1S/C19H21BrN2O2/c1-3-4-7-10-24-18-14(20)11-13(12-17(18)23-2)19-21-15-8-5-6-9-16(15)22-19/h5-6,8-9,11-12H,3-4,7,10H2,1-2H3,(H,21,22). The van der Waals surface area contributed by atoms with E-state index >= 15 is 0 Å². The summed E-state index contributed by atoms with van der Waals surface area (Å²) < 4.78 is 12.3. The van der Waals surface area contributed by atoms with Crippen LogP contribution in [0.4, 0.5) is 0 Å². The number of fused-ring (bicyclic) bond motifs is 1. The maximum absolute atomic E-state index is 5.91. The Hall–Kier alpha value is -2.01. The number of nitrogens with one attached hydrogen (secondary N) is 1. The lowest BCUT2D eigenvalue weighted by Gasteiger charge is -2.13. The maximum Gasteiger partial charge on any atom is 0.175 e. The van der Waals surface area contributed by atoms with Gasteiger partial charge in [-0.2, -0.15) is 0 Å². The second kappa shape index (κ2) is 7.71. The van der Waals surface area contributed by atoms with E-state index in [1.54, 1.807) is 7.11 Å². The highest BCUT2D eigenvalue weighted by atomic mass is 79.9. The van der Waals surface area contributed by atoms with Crippen LogP contribution >= 0.6 is 15.9 Å². The highest BCUT2D eigenvalue weighted by molar-refractivity contribution is 9.10. The minimum Gasteiger partial charge on any atom is -0.493 e. The van der Waals surface area contributed by atoms with Crippen molar-refractivity contribution in [2.75, 3.05) is 13.7 Å². The first-order valence-electron chi connectivity index (χ1n) is 8.18. The molecule has 24 heavy (non-hydrogen) atoms. The number of unbranched alkanes of at least 4 members (excludes halogenated alkanes) is 2. The molecule has 0 aliphatic carbocycles. The minimum atomic E-state index is 0.687. The second-order valence-electron chi connectivity index (χ2n) is 5.65. The Morgan fingerprint density at radius 2 is 2.00 bits per heavy atom. The number of aromatic amines is 1. The summed E-state index contributed by atoms with van der Waals surface area (Å²) in [6.45, 7) is 2.87. The molecular formula is C19H21BrN2O2. The van der Waals surface area contributed by atoms with Crippen LogP contribution in [-0.4, -0.2) is 23.7 Å². The topological polar surface area (TPSA) is 47.1 Å². The van der Waals surface area contributed by atoms with Gasteiger partial charge >= 0.3 is 0 Å². The highest BCUT2D eigenvalue weighted by Crippen LogP contribution is 2.39. The van der Waals surface area contributed by atoms with Crippen LogP contribution in [0.5, 0.6) is 11.5 Å². The smallest absolute Gasteiger partial charge is 0.175 e. The molecule has 0 saturated carbocycles. The molecule has 1 aromatic heterocycles. The Morgan fingerprint density at radius 1 is 1.17 bits per heavy atom. The van der Waals surface area contributed by atoms with Crippen molar-refractivity contribution in [2.45, 2.75) is 26.2 Å². The van der Waals surface area contributed by atoms with Gasteiger partial charge in [0.1, 0.15) is 5.82 Å². The summed E-state index contributed by atoms with van der Waals surface area (Å²) >= 11 is 3.60. The number of H-pyrrole nitrogens is 1. The molecule has 0 bridgehead atoms. The van der Waals surface area contributed by atoms with E-state index < -0.39 is 0 Å². The predicted molar refractivity (Wildman–Crippen MR) is 101 cm³/mol. The Labute approximate surface area is 150 Å². The summed E-state index contributed by atoms with van der Waals surface area (Å²) in [5.74, 6) is 2.26. The van der Waals surface area contributed by atoms with Gasteiger partial charge in [0, 0.05) is 5.56 Å². The van der Waals surface area contributed by atoms with Crippen LogP contribution in [-0.2, 0) is 0 Å². The molecule has 0 spiro atoms. The molecule has 0 radical (unpaired) electrons. The summed E-state index contributed by atoms with van der Waals surface area (Å²) in [6.07, 6.45) is 3.38. The van der Waals surface area contributed by atoms with Crippen LogP contribution in [0.25, 0.3) is 22.4 Å². The van der Waals surface area contributed by atoms with Gasteiger partial charge in [-0.3, -0.25) is 0 Å². The van der Waals surface area contributed by atoms with Crippen molar-refractivity contribution in [3.8, 4) is 22.9 Å². The van der Waals surface area contributed by atoms with Crippen molar-refractivity contribution in [2.24, 2.45) is 0 Å². The number of nitrogens with zero attached hydrogens (tertiary/aromatic N) is 1. The van der Waals surface area contributed by atoms with Gasteiger partial charge in [0.15, 0.2) is 11.5 Å². The van der Waals surface area contributed by atoms with Crippen molar-refractivity contribution in [1.82, 2.24) is 9.97 Å². The third kappa shape index (κ3) is 3.56. The van der Waals surface area contributed by atoms with Gasteiger partial charge in [0.25, 0.3) is 0 Å². The number of hydrogen-bond acceptors (Lipinski definition) is 3. The van der Waals surface area contributed by atoms with Crippen LogP contribution in [0.1, 0.15) is 26.2 Å². The highest BCUT2D eigenvalue weighted by Gasteiger charge is 2.14. The van der Waals surface area contributed by atoms with Crippen molar-refractivity contribution in [1.29, 1.82) is 0 Å². The lowest BCUT2D eigenvalue weighted by Crippen LogP contribution is -2.00. The molecule has 3 rings (SSSR count). The molecule has 5 heteroatoms. The molecule has 2 aromatic carbocycles. The third-order valence-corrected chi connectivity index (χ3v) is 4.48. The summed E-state index contributed by atoms with van der Waals surface area (Å²) in [6, 6.07) is 12.0. The van der Waals surface area contributed by atoms with Gasteiger partial charge < -0.3 is 14.5 Å². The summed E-state index contributed by atoms with van der Waals surface area (Å²) in [7, 11) is 1.66. The molecule has 0 saturated heterocycles. The van der Waals surface area contributed by atoms with Gasteiger partial charge in [-0.25, -0.2) is 4.98 Å². The zero-order valence-corrected chi connectivity index (χ0v) is 15.5. The maximum atomic E-state index is 5.91. The predicted octanol–water partition coefficient (Wildman–Crippen LogP) is 5.57. The van der Waals surface area contributed by atoms with Gasteiger partial charge in [-0.15, -0.1) is 0 Å². The zero-order valence-electron chi connectivity index (χ0n) is 13.9. The van der Waals surface area contributed by atoms with E-state index in [4.69, 9.17) is 9.47 Å². The molecule has 1 N–H and O–H groups in total. The Kier molecular flexibility index (Phi) is 5.41. The summed E-state index contributed by atoms with van der Waals surface area (Å²) in [5.41, 5.74) is 2.92. The molecule has 0 atom stereocenters. The molecule has 1 heterocycles. The number of aromatic nitrogens is 2. The largest absolute Gasteiger partial charge is 0.493 e. The molecule has 3 aromatic rings. The van der Waals surface area contributed by atoms with Crippen LogP contribution in [0.15, 0.2) is 40.9 Å². The van der Waals surface area contributed by atoms with Gasteiger partial charge in [-0.1, -0.05) is 31.9 Å². The van der Waals surface area contributed by atoms with Gasteiger partial charge in [0.05, 0.1) is 29.2 Å². The van der Waals surface area contributed by atoms with Crippen LogP contribution < -0.4 is 9.47 Å². The average molecular weight is 389 g/mol. The molecule has 126 valence electrons. The molecular weight excluding hydrogens is 368 g/mol. The number of benzene rings is 2. The molecule has 4 nitrogen and oxygen atoms in total. The average Bonchev–Trinajstić information content (AvgIpc) is 3.03. The molecule has 0 unspecified atom stereocenters. The van der Waals surface area contributed by atoms with E-state index in [9.17, 15) is 0 Å². The molecule has 0 amide bonds. The Balaban J connectivity index is 1.90. The van der Waals surface area contributed by atoms with E-state index in [0.717, 1.165) is 45.5 Å². The number of imidazole rings is 1. The monoisotopic (exact) mass is 388 g/mol. The van der Waals surface area contributed by atoms with Crippen molar-refractivity contribution >= 4 is 27.0 Å². The first-order valence-corrected chi connectivity index (χ1v) is 8.97. The number of hydrogen-bond donors (Lipinski definition) is 1. The summed E-state index contributed by atoms with van der Waals surface area (Å²) in [4.78, 5) is 7.98. The van der Waals surface area contributed by atoms with Gasteiger partial charge in [0.2, 0.25) is 0 Å². The van der Waals surface area contributed by atoms with Crippen LogP contribution in [0, 0.1) is 0 Å². The van der Waals surface area contributed by atoms with E-state index in [2.05, 4.69) is 32.8 Å². The fourth-order valence-electron chi connectivity index (χ4n) is 2.61. The second-order valence-corrected chi connectivity index (χ2v) is 6.50. The molecule has 0 fully saturated rings. The van der Waals surface area contributed by atoms with E-state index in [-0.39, 0.29) is 0 Å². The van der Waals surface area contributed by atoms with Crippen molar-refractivity contribution in [3.63, 3.8) is 0 Å². The number of halogens is 1.